The van der Waals surface area contributed by atoms with Gasteiger partial charge in [0, 0.05) is 12.2 Å². The van der Waals surface area contributed by atoms with Gasteiger partial charge in [0.2, 0.25) is 0 Å². The van der Waals surface area contributed by atoms with Crippen molar-refractivity contribution in [2.75, 3.05) is 18.5 Å². The van der Waals surface area contributed by atoms with E-state index < -0.39 is 0 Å². The van der Waals surface area contributed by atoms with E-state index in [9.17, 15) is 0 Å². The molecule has 88 valence electrons. The Bertz CT molecular complexity index is 280. The Morgan fingerprint density at radius 3 is 2.56 bits per heavy atom. The minimum atomic E-state index is 0.520. The molecule has 0 heterocycles. The summed E-state index contributed by atoms with van der Waals surface area (Å²) in [6, 6.07) is 10.3. The van der Waals surface area contributed by atoms with Gasteiger partial charge in [0.05, 0.1) is 12.7 Å². The molecule has 16 heavy (non-hydrogen) atoms. The lowest BCUT2D eigenvalue weighted by Gasteiger charge is -2.22. The van der Waals surface area contributed by atoms with Gasteiger partial charge in [-0.25, -0.2) is 0 Å². The number of ether oxygens (including phenoxy) is 1. The van der Waals surface area contributed by atoms with Gasteiger partial charge < -0.3 is 10.1 Å². The Hall–Kier alpha value is -1.02. The molecule has 0 aromatic heterocycles. The number of benzene rings is 1. The predicted molar refractivity (Wildman–Crippen MR) is 67.8 cm³/mol. The third kappa shape index (κ3) is 3.86. The van der Waals surface area contributed by atoms with Crippen LogP contribution in [0.5, 0.6) is 0 Å². The van der Waals surface area contributed by atoms with Gasteiger partial charge >= 0.3 is 0 Å². The van der Waals surface area contributed by atoms with Gasteiger partial charge in [0.1, 0.15) is 0 Å². The monoisotopic (exact) mass is 219 g/mol. The number of para-hydroxylation sites is 1. The summed E-state index contributed by atoms with van der Waals surface area (Å²) < 4.78 is 5.84. The first-order valence-corrected chi connectivity index (χ1v) is 6.36. The van der Waals surface area contributed by atoms with Crippen molar-refractivity contribution < 1.29 is 4.74 Å². The average Bonchev–Trinajstić information content (AvgIpc) is 2.37. The third-order valence-electron chi connectivity index (χ3n) is 3.11. The maximum atomic E-state index is 5.84. The number of hydrogen-bond donors (Lipinski definition) is 1. The molecule has 0 spiro atoms. The van der Waals surface area contributed by atoms with Crippen molar-refractivity contribution in [2.45, 2.75) is 38.2 Å². The molecule has 2 rings (SSSR count). The largest absolute Gasteiger partial charge is 0.383 e. The zero-order chi connectivity index (χ0) is 11.1. The van der Waals surface area contributed by atoms with Crippen LogP contribution in [0.15, 0.2) is 30.3 Å². The van der Waals surface area contributed by atoms with Crippen LogP contribution >= 0.6 is 0 Å². The second-order valence-electron chi connectivity index (χ2n) is 4.42. The van der Waals surface area contributed by atoms with Crippen molar-refractivity contribution in [3.63, 3.8) is 0 Å². The first-order chi connectivity index (χ1) is 7.95. The Kier molecular flexibility index (Phi) is 4.69. The molecule has 2 heteroatoms. The second kappa shape index (κ2) is 6.54. The molecule has 0 aliphatic heterocycles. The molecule has 1 saturated carbocycles. The van der Waals surface area contributed by atoms with Crippen molar-refractivity contribution in [1.29, 1.82) is 0 Å². The van der Waals surface area contributed by atoms with E-state index in [0.29, 0.717) is 6.10 Å². The van der Waals surface area contributed by atoms with E-state index in [1.54, 1.807) is 0 Å². The van der Waals surface area contributed by atoms with Gasteiger partial charge in [-0.2, -0.15) is 0 Å². The van der Waals surface area contributed by atoms with Gasteiger partial charge in [-0.3, -0.25) is 0 Å². The lowest BCUT2D eigenvalue weighted by atomic mass is 9.98. The Labute approximate surface area is 98.0 Å². The van der Waals surface area contributed by atoms with Gasteiger partial charge in [-0.15, -0.1) is 0 Å². The van der Waals surface area contributed by atoms with Crippen molar-refractivity contribution in [2.24, 2.45) is 0 Å². The van der Waals surface area contributed by atoms with Crippen molar-refractivity contribution in [3.8, 4) is 0 Å². The SMILES string of the molecule is c1ccc(NCCOC2CCCCC2)cc1. The molecule has 0 radical (unpaired) electrons. The molecule has 1 aromatic carbocycles. The van der Waals surface area contributed by atoms with Crippen LogP contribution in [0.3, 0.4) is 0 Å². The van der Waals surface area contributed by atoms with Crippen LogP contribution in [-0.4, -0.2) is 19.3 Å². The van der Waals surface area contributed by atoms with E-state index in [0.717, 1.165) is 13.2 Å². The number of nitrogens with one attached hydrogen (secondary N) is 1. The summed E-state index contributed by atoms with van der Waals surface area (Å²) in [6.45, 7) is 1.72. The fourth-order valence-corrected chi connectivity index (χ4v) is 2.21. The summed E-state index contributed by atoms with van der Waals surface area (Å²) in [6.07, 6.45) is 7.11. The molecular weight excluding hydrogens is 198 g/mol. The van der Waals surface area contributed by atoms with Gasteiger partial charge in [-0.05, 0) is 25.0 Å². The highest BCUT2D eigenvalue weighted by Crippen LogP contribution is 2.19. The first kappa shape index (κ1) is 11.5. The minimum absolute atomic E-state index is 0.520. The summed E-state index contributed by atoms with van der Waals surface area (Å²) in [5, 5.41) is 3.36. The standard InChI is InChI=1S/C14H21NO/c1-3-7-13(8-4-1)15-11-12-16-14-9-5-2-6-10-14/h1,3-4,7-8,14-15H,2,5-6,9-12H2. The van der Waals surface area contributed by atoms with E-state index in [4.69, 9.17) is 4.74 Å². The molecule has 0 saturated heterocycles. The Morgan fingerprint density at radius 2 is 1.81 bits per heavy atom. The summed E-state index contributed by atoms with van der Waals surface area (Å²) >= 11 is 0. The van der Waals surface area contributed by atoms with Crippen LogP contribution in [0, 0.1) is 0 Å². The van der Waals surface area contributed by atoms with Crippen molar-refractivity contribution >= 4 is 5.69 Å². The number of rotatable bonds is 5. The highest BCUT2D eigenvalue weighted by molar-refractivity contribution is 5.42. The average molecular weight is 219 g/mol. The highest BCUT2D eigenvalue weighted by atomic mass is 16.5. The van der Waals surface area contributed by atoms with E-state index >= 15 is 0 Å². The van der Waals surface area contributed by atoms with Crippen molar-refractivity contribution in [3.05, 3.63) is 30.3 Å². The fourth-order valence-electron chi connectivity index (χ4n) is 2.21. The molecule has 0 unspecified atom stereocenters. The lowest BCUT2D eigenvalue weighted by Crippen LogP contribution is -2.20. The smallest absolute Gasteiger partial charge is 0.0642 e. The van der Waals surface area contributed by atoms with Crippen LogP contribution in [0.1, 0.15) is 32.1 Å². The van der Waals surface area contributed by atoms with E-state index in [1.165, 1.54) is 37.8 Å². The topological polar surface area (TPSA) is 21.3 Å². The lowest BCUT2D eigenvalue weighted by molar-refractivity contribution is 0.0347. The zero-order valence-electron chi connectivity index (χ0n) is 9.82. The fraction of sp³-hybridized carbons (Fsp3) is 0.571. The molecular formula is C14H21NO. The van der Waals surface area contributed by atoms with Crippen molar-refractivity contribution in [1.82, 2.24) is 0 Å². The molecule has 0 atom stereocenters. The van der Waals surface area contributed by atoms with E-state index in [2.05, 4.69) is 17.4 Å². The molecule has 2 nitrogen and oxygen atoms in total. The van der Waals surface area contributed by atoms with E-state index in [-0.39, 0.29) is 0 Å². The maximum Gasteiger partial charge on any atom is 0.0642 e. The van der Waals surface area contributed by atoms with Crippen LogP contribution in [0.25, 0.3) is 0 Å². The Morgan fingerprint density at radius 1 is 1.06 bits per heavy atom. The second-order valence-corrected chi connectivity index (χ2v) is 4.42. The molecule has 1 aliphatic carbocycles. The van der Waals surface area contributed by atoms with Crippen LogP contribution < -0.4 is 5.32 Å². The van der Waals surface area contributed by atoms with Crippen LogP contribution in [-0.2, 0) is 4.74 Å². The first-order valence-electron chi connectivity index (χ1n) is 6.36. The van der Waals surface area contributed by atoms with Gasteiger partial charge in [0.15, 0.2) is 0 Å². The summed E-state index contributed by atoms with van der Waals surface area (Å²) in [7, 11) is 0. The summed E-state index contributed by atoms with van der Waals surface area (Å²) in [4.78, 5) is 0. The molecule has 1 N–H and O–H groups in total. The highest BCUT2D eigenvalue weighted by Gasteiger charge is 2.12. The molecule has 0 amide bonds. The number of hydrogen-bond acceptors (Lipinski definition) is 2. The maximum absolute atomic E-state index is 5.84. The number of anilines is 1. The van der Waals surface area contributed by atoms with Gasteiger partial charge in [-0.1, -0.05) is 37.5 Å². The minimum Gasteiger partial charge on any atom is -0.383 e. The zero-order valence-corrected chi connectivity index (χ0v) is 9.82. The van der Waals surface area contributed by atoms with Crippen LogP contribution in [0.2, 0.25) is 0 Å². The summed E-state index contributed by atoms with van der Waals surface area (Å²) in [5.41, 5.74) is 1.18. The third-order valence-corrected chi connectivity index (χ3v) is 3.11. The quantitative estimate of drug-likeness (QED) is 0.766. The molecule has 0 bridgehead atoms. The normalized spacial score (nSPS) is 17.2. The van der Waals surface area contributed by atoms with Crippen LogP contribution in [0.4, 0.5) is 5.69 Å². The molecule has 1 fully saturated rings. The van der Waals surface area contributed by atoms with E-state index in [1.807, 2.05) is 18.2 Å². The van der Waals surface area contributed by atoms with Gasteiger partial charge in [0.25, 0.3) is 0 Å². The molecule has 1 aliphatic rings. The Balaban J connectivity index is 1.58. The predicted octanol–water partition coefficient (Wildman–Crippen LogP) is 3.45. The molecule has 1 aromatic rings. The summed E-state index contributed by atoms with van der Waals surface area (Å²) in [5.74, 6) is 0.